The Bertz CT molecular complexity index is 603. The van der Waals surface area contributed by atoms with Crippen LogP contribution in [0.15, 0.2) is 18.2 Å². The Morgan fingerprint density at radius 3 is 2.62 bits per heavy atom. The van der Waals surface area contributed by atoms with Gasteiger partial charge >= 0.3 is 6.36 Å². The van der Waals surface area contributed by atoms with Gasteiger partial charge in [0.25, 0.3) is 0 Å². The molecule has 1 amide bonds. The summed E-state index contributed by atoms with van der Waals surface area (Å²) in [6.45, 7) is -0.316. The molecule has 0 unspecified atom stereocenters. The van der Waals surface area contributed by atoms with E-state index in [2.05, 4.69) is 10.1 Å². The molecule has 1 N–H and O–H groups in total. The molecule has 1 aliphatic carbocycles. The standard InChI is InChI=1S/C13H10F4N2O2/c14-10-2-1-9(21-13(15,16)17)5-8(10)6-19-11(20)12(7-18)3-4-12/h1-2,5H,3-4,6H2,(H,19,20). The maximum Gasteiger partial charge on any atom is 0.573 e. The van der Waals surface area contributed by atoms with Crippen molar-refractivity contribution in [3.05, 3.63) is 29.6 Å². The molecule has 0 aliphatic heterocycles. The fourth-order valence-corrected chi connectivity index (χ4v) is 1.74. The second-order valence-corrected chi connectivity index (χ2v) is 4.68. The van der Waals surface area contributed by atoms with Gasteiger partial charge in [-0.15, -0.1) is 13.2 Å². The summed E-state index contributed by atoms with van der Waals surface area (Å²) in [5, 5.41) is 11.2. The maximum absolute atomic E-state index is 13.5. The van der Waals surface area contributed by atoms with Gasteiger partial charge in [-0.2, -0.15) is 5.26 Å². The van der Waals surface area contributed by atoms with Crippen LogP contribution in [-0.4, -0.2) is 12.3 Å². The lowest BCUT2D eigenvalue weighted by atomic mass is 10.1. The molecule has 1 fully saturated rings. The predicted octanol–water partition coefficient (Wildman–Crippen LogP) is 2.64. The summed E-state index contributed by atoms with van der Waals surface area (Å²) in [6, 6.07) is 4.38. The van der Waals surface area contributed by atoms with Crippen LogP contribution < -0.4 is 10.1 Å². The van der Waals surface area contributed by atoms with Crippen molar-refractivity contribution in [2.24, 2.45) is 5.41 Å². The van der Waals surface area contributed by atoms with Crippen molar-refractivity contribution in [3.63, 3.8) is 0 Å². The molecule has 1 aliphatic rings. The van der Waals surface area contributed by atoms with E-state index in [1.54, 1.807) is 0 Å². The number of hydrogen-bond donors (Lipinski definition) is 1. The molecule has 1 saturated carbocycles. The van der Waals surface area contributed by atoms with Crippen LogP contribution in [-0.2, 0) is 11.3 Å². The van der Waals surface area contributed by atoms with Gasteiger partial charge in [0.05, 0.1) is 6.07 Å². The van der Waals surface area contributed by atoms with Crippen molar-refractivity contribution < 1.29 is 27.1 Å². The van der Waals surface area contributed by atoms with Crippen LogP contribution in [0.3, 0.4) is 0 Å². The third-order valence-electron chi connectivity index (χ3n) is 3.09. The maximum atomic E-state index is 13.5. The van der Waals surface area contributed by atoms with Crippen LogP contribution in [0.4, 0.5) is 17.6 Å². The van der Waals surface area contributed by atoms with Crippen LogP contribution in [0.25, 0.3) is 0 Å². The van der Waals surface area contributed by atoms with E-state index in [0.29, 0.717) is 12.8 Å². The van der Waals surface area contributed by atoms with Gasteiger partial charge in [0.2, 0.25) is 5.91 Å². The van der Waals surface area contributed by atoms with Gasteiger partial charge in [0.15, 0.2) is 0 Å². The van der Waals surface area contributed by atoms with E-state index < -0.39 is 29.3 Å². The van der Waals surface area contributed by atoms with Gasteiger partial charge in [-0.3, -0.25) is 4.79 Å². The molecular formula is C13H10F4N2O2. The van der Waals surface area contributed by atoms with E-state index in [1.807, 2.05) is 6.07 Å². The normalized spacial score (nSPS) is 16.0. The molecule has 112 valence electrons. The minimum Gasteiger partial charge on any atom is -0.406 e. The average molecular weight is 302 g/mol. The molecular weight excluding hydrogens is 292 g/mol. The highest BCUT2D eigenvalue weighted by molar-refractivity contribution is 5.88. The van der Waals surface area contributed by atoms with Crippen LogP contribution in [0.2, 0.25) is 0 Å². The first kappa shape index (κ1) is 15.1. The quantitative estimate of drug-likeness (QED) is 0.870. The largest absolute Gasteiger partial charge is 0.573 e. The SMILES string of the molecule is N#CC1(C(=O)NCc2cc(OC(F)(F)F)ccc2F)CC1. The van der Waals surface area contributed by atoms with Gasteiger partial charge in [-0.1, -0.05) is 0 Å². The Balaban J connectivity index is 2.04. The molecule has 0 heterocycles. The van der Waals surface area contributed by atoms with E-state index in [1.165, 1.54) is 0 Å². The number of hydrogen-bond acceptors (Lipinski definition) is 3. The summed E-state index contributed by atoms with van der Waals surface area (Å²) in [5.74, 6) is -1.90. The molecule has 1 aromatic carbocycles. The lowest BCUT2D eigenvalue weighted by Crippen LogP contribution is -2.31. The van der Waals surface area contributed by atoms with Crippen molar-refractivity contribution in [1.82, 2.24) is 5.32 Å². The zero-order valence-electron chi connectivity index (χ0n) is 10.6. The second-order valence-electron chi connectivity index (χ2n) is 4.68. The summed E-state index contributed by atoms with van der Waals surface area (Å²) < 4.78 is 53.4. The molecule has 0 saturated heterocycles. The second kappa shape index (κ2) is 5.24. The zero-order chi connectivity index (χ0) is 15.7. The van der Waals surface area contributed by atoms with E-state index in [4.69, 9.17) is 5.26 Å². The van der Waals surface area contributed by atoms with Gasteiger partial charge in [-0.05, 0) is 31.0 Å². The number of halogens is 4. The fourth-order valence-electron chi connectivity index (χ4n) is 1.74. The third kappa shape index (κ3) is 3.62. The molecule has 21 heavy (non-hydrogen) atoms. The fraction of sp³-hybridized carbons (Fsp3) is 0.385. The van der Waals surface area contributed by atoms with Gasteiger partial charge in [0, 0.05) is 12.1 Å². The topological polar surface area (TPSA) is 62.1 Å². The summed E-state index contributed by atoms with van der Waals surface area (Å²) in [7, 11) is 0. The van der Waals surface area contributed by atoms with Crippen LogP contribution in [0.5, 0.6) is 5.75 Å². The molecule has 1 aromatic rings. The lowest BCUT2D eigenvalue weighted by Gasteiger charge is -2.12. The number of nitrogens with one attached hydrogen (secondary N) is 1. The number of ether oxygens (including phenoxy) is 1. The minimum absolute atomic E-state index is 0.154. The Hall–Kier alpha value is -2.30. The molecule has 0 atom stereocenters. The van der Waals surface area contributed by atoms with Crippen molar-refractivity contribution >= 4 is 5.91 Å². The Kier molecular flexibility index (Phi) is 3.77. The number of amides is 1. The molecule has 0 spiro atoms. The van der Waals surface area contributed by atoms with Gasteiger partial charge < -0.3 is 10.1 Å². The van der Waals surface area contributed by atoms with Crippen molar-refractivity contribution in [2.45, 2.75) is 25.7 Å². The number of carbonyl (C=O) groups is 1. The van der Waals surface area contributed by atoms with Crippen LogP contribution in [0, 0.1) is 22.6 Å². The van der Waals surface area contributed by atoms with E-state index in [0.717, 1.165) is 18.2 Å². The van der Waals surface area contributed by atoms with Crippen molar-refractivity contribution in [3.8, 4) is 11.8 Å². The zero-order valence-corrected chi connectivity index (χ0v) is 10.6. The number of benzene rings is 1. The molecule has 0 radical (unpaired) electrons. The van der Waals surface area contributed by atoms with Gasteiger partial charge in [0.1, 0.15) is 17.0 Å². The third-order valence-corrected chi connectivity index (χ3v) is 3.09. The van der Waals surface area contributed by atoms with Crippen LogP contribution >= 0.6 is 0 Å². The average Bonchev–Trinajstić information content (AvgIpc) is 3.18. The summed E-state index contributed by atoms with van der Waals surface area (Å²) >= 11 is 0. The van der Waals surface area contributed by atoms with Gasteiger partial charge in [-0.25, -0.2) is 4.39 Å². The van der Waals surface area contributed by atoms with Crippen LogP contribution in [0.1, 0.15) is 18.4 Å². The minimum atomic E-state index is -4.88. The first-order chi connectivity index (χ1) is 9.76. The first-order valence-electron chi connectivity index (χ1n) is 5.99. The predicted molar refractivity (Wildman–Crippen MR) is 62.2 cm³/mol. The Morgan fingerprint density at radius 1 is 1.43 bits per heavy atom. The smallest absolute Gasteiger partial charge is 0.406 e. The number of nitrogens with zero attached hydrogens (tertiary/aromatic N) is 1. The summed E-state index contributed by atoms with van der Waals surface area (Å²) in [4.78, 5) is 11.7. The molecule has 8 heteroatoms. The van der Waals surface area contributed by atoms with E-state index >= 15 is 0 Å². The Morgan fingerprint density at radius 2 is 2.10 bits per heavy atom. The molecule has 4 nitrogen and oxygen atoms in total. The molecule has 0 aromatic heterocycles. The number of carbonyl (C=O) groups excluding carboxylic acids is 1. The van der Waals surface area contributed by atoms with Crippen molar-refractivity contribution in [1.29, 1.82) is 5.26 Å². The monoisotopic (exact) mass is 302 g/mol. The number of rotatable bonds is 4. The Labute approximate surface area is 117 Å². The molecule has 2 rings (SSSR count). The number of alkyl halides is 3. The highest BCUT2D eigenvalue weighted by atomic mass is 19.4. The summed E-state index contributed by atoms with van der Waals surface area (Å²) in [5.41, 5.74) is -1.23. The van der Waals surface area contributed by atoms with E-state index in [9.17, 15) is 22.4 Å². The highest BCUT2D eigenvalue weighted by Crippen LogP contribution is 2.45. The number of nitriles is 1. The summed E-state index contributed by atoms with van der Waals surface area (Å²) in [6.07, 6.45) is -4.03. The lowest BCUT2D eigenvalue weighted by molar-refractivity contribution is -0.274. The van der Waals surface area contributed by atoms with Crippen molar-refractivity contribution in [2.75, 3.05) is 0 Å². The van der Waals surface area contributed by atoms with E-state index in [-0.39, 0.29) is 12.1 Å². The molecule has 0 bridgehead atoms. The highest BCUT2D eigenvalue weighted by Gasteiger charge is 2.50. The first-order valence-corrected chi connectivity index (χ1v) is 5.99.